The minimum absolute atomic E-state index is 0.139. The van der Waals surface area contributed by atoms with Crippen LogP contribution >= 0.6 is 0 Å². The summed E-state index contributed by atoms with van der Waals surface area (Å²) in [6.45, 7) is 1.93. The molecule has 0 radical (unpaired) electrons. The molecular weight excluding hydrogens is 207 g/mol. The third-order valence-electron chi connectivity index (χ3n) is 3.51. The summed E-state index contributed by atoms with van der Waals surface area (Å²) in [4.78, 5) is 11.8. The number of hydrogen-bond donors (Lipinski definition) is 2. The number of halogens is 1. The highest BCUT2D eigenvalue weighted by molar-refractivity contribution is 5.94. The number of rotatable bonds is 2. The van der Waals surface area contributed by atoms with Crippen LogP contribution in [0.1, 0.15) is 10.4 Å². The Bertz CT molecular complexity index is 425. The van der Waals surface area contributed by atoms with E-state index in [1.165, 1.54) is 12.1 Å². The highest BCUT2D eigenvalue weighted by Crippen LogP contribution is 2.41. The van der Waals surface area contributed by atoms with Crippen LogP contribution in [-0.4, -0.2) is 25.0 Å². The van der Waals surface area contributed by atoms with Crippen molar-refractivity contribution in [3.63, 3.8) is 0 Å². The minimum Gasteiger partial charge on any atom is -0.349 e. The summed E-state index contributed by atoms with van der Waals surface area (Å²) >= 11 is 0. The molecule has 1 heterocycles. The lowest BCUT2D eigenvalue weighted by Gasteiger charge is -2.08. The number of carbonyl (C=O) groups is 1. The van der Waals surface area contributed by atoms with Crippen molar-refractivity contribution < 1.29 is 9.18 Å². The Kier molecular flexibility index (Phi) is 2.17. The van der Waals surface area contributed by atoms with E-state index >= 15 is 0 Å². The third kappa shape index (κ3) is 1.50. The Labute approximate surface area is 93.0 Å². The van der Waals surface area contributed by atoms with Crippen molar-refractivity contribution in [2.24, 2.45) is 11.8 Å². The van der Waals surface area contributed by atoms with Crippen LogP contribution in [0.3, 0.4) is 0 Å². The summed E-state index contributed by atoms with van der Waals surface area (Å²) in [5.74, 6) is 0.355. The van der Waals surface area contributed by atoms with E-state index in [1.54, 1.807) is 12.1 Å². The Morgan fingerprint density at radius 2 is 2.00 bits per heavy atom. The standard InChI is InChI=1S/C12H13FN2O/c13-10-4-2-1-3-7(10)12(16)15-11-8-5-14-6-9(8)11/h1-4,8-9,11,14H,5-6H2,(H,15,16). The maximum atomic E-state index is 13.3. The van der Waals surface area contributed by atoms with Crippen molar-refractivity contribution in [2.75, 3.05) is 13.1 Å². The lowest BCUT2D eigenvalue weighted by Crippen LogP contribution is -2.32. The summed E-state index contributed by atoms with van der Waals surface area (Å²) in [6.07, 6.45) is 0. The first-order valence-electron chi connectivity index (χ1n) is 5.53. The SMILES string of the molecule is O=C(NC1C2CNCC21)c1ccccc1F. The van der Waals surface area contributed by atoms with Crippen LogP contribution < -0.4 is 10.6 Å². The molecule has 3 nitrogen and oxygen atoms in total. The fourth-order valence-corrected chi connectivity index (χ4v) is 2.51. The Balaban J connectivity index is 1.68. The van der Waals surface area contributed by atoms with Gasteiger partial charge in [-0.25, -0.2) is 4.39 Å². The van der Waals surface area contributed by atoms with Crippen molar-refractivity contribution in [1.82, 2.24) is 10.6 Å². The Hall–Kier alpha value is -1.42. The zero-order chi connectivity index (χ0) is 11.1. The van der Waals surface area contributed by atoms with Crippen molar-refractivity contribution in [3.8, 4) is 0 Å². The van der Waals surface area contributed by atoms with Gasteiger partial charge >= 0.3 is 0 Å². The highest BCUT2D eigenvalue weighted by atomic mass is 19.1. The number of amides is 1. The van der Waals surface area contributed by atoms with Gasteiger partial charge < -0.3 is 10.6 Å². The minimum atomic E-state index is -0.455. The van der Waals surface area contributed by atoms with E-state index in [4.69, 9.17) is 0 Å². The fourth-order valence-electron chi connectivity index (χ4n) is 2.51. The molecule has 2 fully saturated rings. The van der Waals surface area contributed by atoms with E-state index in [0.29, 0.717) is 11.8 Å². The summed E-state index contributed by atoms with van der Waals surface area (Å²) in [5, 5.41) is 6.14. The van der Waals surface area contributed by atoms with Crippen LogP contribution in [-0.2, 0) is 0 Å². The molecule has 84 valence electrons. The van der Waals surface area contributed by atoms with Crippen molar-refractivity contribution >= 4 is 5.91 Å². The molecule has 1 amide bonds. The second-order valence-corrected chi connectivity index (χ2v) is 4.47. The number of benzene rings is 1. The van der Waals surface area contributed by atoms with Crippen molar-refractivity contribution in [3.05, 3.63) is 35.6 Å². The highest BCUT2D eigenvalue weighted by Gasteiger charge is 2.53. The second-order valence-electron chi connectivity index (χ2n) is 4.47. The zero-order valence-electron chi connectivity index (χ0n) is 8.74. The molecule has 16 heavy (non-hydrogen) atoms. The molecule has 1 aromatic carbocycles. The molecule has 0 bridgehead atoms. The molecule has 4 heteroatoms. The first-order chi connectivity index (χ1) is 7.77. The summed E-state index contributed by atoms with van der Waals surface area (Å²) in [7, 11) is 0. The summed E-state index contributed by atoms with van der Waals surface area (Å²) in [5.41, 5.74) is 0.139. The van der Waals surface area contributed by atoms with Crippen LogP contribution in [0.25, 0.3) is 0 Å². The molecule has 2 atom stereocenters. The topological polar surface area (TPSA) is 41.1 Å². The Morgan fingerprint density at radius 1 is 1.31 bits per heavy atom. The van der Waals surface area contributed by atoms with Crippen LogP contribution in [0.2, 0.25) is 0 Å². The van der Waals surface area contributed by atoms with Gasteiger partial charge in [0.05, 0.1) is 5.56 Å². The van der Waals surface area contributed by atoms with Gasteiger partial charge in [-0.2, -0.15) is 0 Å². The van der Waals surface area contributed by atoms with Gasteiger partial charge in [-0.05, 0) is 24.0 Å². The van der Waals surface area contributed by atoms with Gasteiger partial charge in [0.25, 0.3) is 5.91 Å². The number of fused-ring (bicyclic) bond motifs is 1. The molecule has 2 unspecified atom stereocenters. The normalized spacial score (nSPS) is 30.9. The zero-order valence-corrected chi connectivity index (χ0v) is 8.74. The fraction of sp³-hybridized carbons (Fsp3) is 0.417. The number of nitrogens with one attached hydrogen (secondary N) is 2. The lowest BCUT2D eigenvalue weighted by atomic mass is 10.2. The van der Waals surface area contributed by atoms with Crippen LogP contribution in [0.5, 0.6) is 0 Å². The molecule has 1 aromatic rings. The maximum Gasteiger partial charge on any atom is 0.254 e. The number of carbonyl (C=O) groups excluding carboxylic acids is 1. The van der Waals surface area contributed by atoms with E-state index in [0.717, 1.165) is 13.1 Å². The average Bonchev–Trinajstić information content (AvgIpc) is 2.75. The van der Waals surface area contributed by atoms with Gasteiger partial charge in [0.15, 0.2) is 0 Å². The predicted molar refractivity (Wildman–Crippen MR) is 57.5 cm³/mol. The summed E-state index contributed by atoms with van der Waals surface area (Å²) < 4.78 is 13.3. The molecule has 0 spiro atoms. The quantitative estimate of drug-likeness (QED) is 0.773. The van der Waals surface area contributed by atoms with E-state index < -0.39 is 5.82 Å². The predicted octanol–water partition coefficient (Wildman–Crippen LogP) is 0.773. The van der Waals surface area contributed by atoms with Gasteiger partial charge in [0, 0.05) is 19.1 Å². The molecule has 2 aliphatic rings. The maximum absolute atomic E-state index is 13.3. The number of hydrogen-bond acceptors (Lipinski definition) is 2. The largest absolute Gasteiger partial charge is 0.349 e. The van der Waals surface area contributed by atoms with Crippen molar-refractivity contribution in [2.45, 2.75) is 6.04 Å². The van der Waals surface area contributed by atoms with Gasteiger partial charge in [0.1, 0.15) is 5.82 Å². The van der Waals surface area contributed by atoms with Crippen molar-refractivity contribution in [1.29, 1.82) is 0 Å². The molecule has 1 aliphatic heterocycles. The van der Waals surface area contributed by atoms with Crippen LogP contribution in [0.15, 0.2) is 24.3 Å². The third-order valence-corrected chi connectivity index (χ3v) is 3.51. The second kappa shape index (κ2) is 3.56. The van der Waals surface area contributed by atoms with Gasteiger partial charge in [-0.3, -0.25) is 4.79 Å². The number of piperidine rings is 1. The molecule has 1 saturated heterocycles. The molecule has 1 aliphatic carbocycles. The molecule has 3 rings (SSSR count). The van der Waals surface area contributed by atoms with Crippen LogP contribution in [0, 0.1) is 17.7 Å². The summed E-state index contributed by atoms with van der Waals surface area (Å²) in [6, 6.07) is 6.33. The van der Waals surface area contributed by atoms with E-state index in [-0.39, 0.29) is 17.5 Å². The molecule has 2 N–H and O–H groups in total. The molecular formula is C12H13FN2O. The Morgan fingerprint density at radius 3 is 2.69 bits per heavy atom. The average molecular weight is 220 g/mol. The van der Waals surface area contributed by atoms with E-state index in [1.807, 2.05) is 0 Å². The lowest BCUT2D eigenvalue weighted by molar-refractivity contribution is 0.0942. The molecule has 1 saturated carbocycles. The van der Waals surface area contributed by atoms with Crippen LogP contribution in [0.4, 0.5) is 4.39 Å². The van der Waals surface area contributed by atoms with Gasteiger partial charge in [-0.15, -0.1) is 0 Å². The van der Waals surface area contributed by atoms with E-state index in [2.05, 4.69) is 10.6 Å². The van der Waals surface area contributed by atoms with Gasteiger partial charge in [-0.1, -0.05) is 12.1 Å². The van der Waals surface area contributed by atoms with E-state index in [9.17, 15) is 9.18 Å². The monoisotopic (exact) mass is 220 g/mol. The molecule has 0 aromatic heterocycles. The first kappa shape index (κ1) is 9.78. The van der Waals surface area contributed by atoms with Gasteiger partial charge in [0.2, 0.25) is 0 Å². The smallest absolute Gasteiger partial charge is 0.254 e. The first-order valence-corrected chi connectivity index (χ1v) is 5.53.